The van der Waals surface area contributed by atoms with Gasteiger partial charge in [0, 0.05) is 44.2 Å². The highest BCUT2D eigenvalue weighted by Gasteiger charge is 2.38. The van der Waals surface area contributed by atoms with Crippen molar-refractivity contribution in [2.75, 3.05) is 37.6 Å². The lowest BCUT2D eigenvalue weighted by Crippen LogP contribution is -2.51. The zero-order valence-electron chi connectivity index (χ0n) is 16.9. The molecule has 1 aliphatic heterocycles. The Morgan fingerprint density at radius 2 is 1.69 bits per heavy atom. The third-order valence-electron chi connectivity index (χ3n) is 6.28. The quantitative estimate of drug-likeness (QED) is 0.761. The zero-order chi connectivity index (χ0) is 20.1. The molecule has 0 bridgehead atoms. The van der Waals surface area contributed by atoms with Crippen LogP contribution in [0.3, 0.4) is 0 Å². The van der Waals surface area contributed by atoms with Gasteiger partial charge in [0.25, 0.3) is 0 Å². The van der Waals surface area contributed by atoms with E-state index in [9.17, 15) is 5.11 Å². The molecular formula is C25H29ClN2O. The summed E-state index contributed by atoms with van der Waals surface area (Å²) in [4.78, 5) is 4.85. The van der Waals surface area contributed by atoms with Crippen molar-refractivity contribution in [2.45, 2.75) is 31.3 Å². The van der Waals surface area contributed by atoms with Crippen LogP contribution in [-0.4, -0.2) is 48.3 Å². The van der Waals surface area contributed by atoms with E-state index in [-0.39, 0.29) is 5.92 Å². The predicted octanol–water partition coefficient (Wildman–Crippen LogP) is 4.44. The molecule has 1 saturated heterocycles. The number of nitrogens with zero attached hydrogens (tertiary/aromatic N) is 2. The van der Waals surface area contributed by atoms with Gasteiger partial charge in [0.2, 0.25) is 0 Å². The van der Waals surface area contributed by atoms with Crippen molar-refractivity contribution in [3.8, 4) is 11.8 Å². The van der Waals surface area contributed by atoms with Gasteiger partial charge in [0.15, 0.2) is 0 Å². The largest absolute Gasteiger partial charge is 0.377 e. The van der Waals surface area contributed by atoms with Crippen molar-refractivity contribution in [1.82, 2.24) is 4.90 Å². The van der Waals surface area contributed by atoms with Crippen molar-refractivity contribution in [3.05, 3.63) is 65.2 Å². The third kappa shape index (κ3) is 4.95. The lowest BCUT2D eigenvalue weighted by atomic mass is 9.75. The molecule has 1 aliphatic carbocycles. The summed E-state index contributed by atoms with van der Waals surface area (Å²) in [5.41, 5.74) is 1.21. The minimum Gasteiger partial charge on any atom is -0.377 e. The molecule has 1 heterocycles. The van der Waals surface area contributed by atoms with Gasteiger partial charge in [0.05, 0.1) is 10.7 Å². The Morgan fingerprint density at radius 1 is 0.966 bits per heavy atom. The molecule has 2 fully saturated rings. The predicted molar refractivity (Wildman–Crippen MR) is 120 cm³/mol. The molecule has 3 nitrogen and oxygen atoms in total. The summed E-state index contributed by atoms with van der Waals surface area (Å²) in [6.45, 7) is 4.82. The van der Waals surface area contributed by atoms with Crippen LogP contribution in [0.1, 0.15) is 31.2 Å². The Labute approximate surface area is 179 Å². The average molecular weight is 409 g/mol. The topological polar surface area (TPSA) is 26.7 Å². The van der Waals surface area contributed by atoms with Crippen LogP contribution in [0.4, 0.5) is 5.69 Å². The Balaban J connectivity index is 1.39. The number of rotatable bonds is 3. The fourth-order valence-corrected chi connectivity index (χ4v) is 4.78. The first-order valence-electron chi connectivity index (χ1n) is 10.7. The lowest BCUT2D eigenvalue weighted by molar-refractivity contribution is -0.0121. The summed E-state index contributed by atoms with van der Waals surface area (Å²) in [5.74, 6) is 6.67. The van der Waals surface area contributed by atoms with E-state index in [1.54, 1.807) is 0 Å². The highest BCUT2D eigenvalue weighted by atomic mass is 35.5. The van der Waals surface area contributed by atoms with E-state index in [4.69, 9.17) is 11.6 Å². The van der Waals surface area contributed by atoms with Gasteiger partial charge >= 0.3 is 0 Å². The Bertz CT molecular complexity index is 867. The van der Waals surface area contributed by atoms with Crippen LogP contribution in [0, 0.1) is 17.8 Å². The summed E-state index contributed by atoms with van der Waals surface area (Å²) in [7, 11) is 0. The second kappa shape index (κ2) is 9.22. The molecule has 0 radical (unpaired) electrons. The second-order valence-corrected chi connectivity index (χ2v) is 8.63. The maximum absolute atomic E-state index is 11.4. The van der Waals surface area contributed by atoms with E-state index in [1.807, 2.05) is 48.5 Å². The molecule has 1 saturated carbocycles. The number of anilines is 1. The van der Waals surface area contributed by atoms with Gasteiger partial charge in [-0.25, -0.2) is 0 Å². The van der Waals surface area contributed by atoms with Crippen molar-refractivity contribution < 1.29 is 5.11 Å². The summed E-state index contributed by atoms with van der Waals surface area (Å²) in [6, 6.07) is 18.0. The van der Waals surface area contributed by atoms with Crippen LogP contribution < -0.4 is 4.90 Å². The molecule has 2 unspecified atom stereocenters. The van der Waals surface area contributed by atoms with Gasteiger partial charge in [-0.15, -0.1) is 0 Å². The molecule has 1 N–H and O–H groups in total. The molecule has 0 amide bonds. The normalized spacial score (nSPS) is 25.3. The van der Waals surface area contributed by atoms with E-state index in [0.717, 1.165) is 68.3 Å². The Morgan fingerprint density at radius 3 is 2.45 bits per heavy atom. The van der Waals surface area contributed by atoms with Gasteiger partial charge in [-0.05, 0) is 43.5 Å². The Hall–Kier alpha value is -1.99. The van der Waals surface area contributed by atoms with Crippen molar-refractivity contribution in [3.63, 3.8) is 0 Å². The first-order chi connectivity index (χ1) is 14.1. The average Bonchev–Trinajstić information content (AvgIpc) is 2.76. The molecule has 2 aliphatic rings. The fraction of sp³-hybridized carbons (Fsp3) is 0.440. The molecule has 2 aromatic rings. The molecule has 4 heteroatoms. The van der Waals surface area contributed by atoms with Crippen molar-refractivity contribution in [2.24, 2.45) is 5.92 Å². The fourth-order valence-electron chi connectivity index (χ4n) is 4.53. The summed E-state index contributed by atoms with van der Waals surface area (Å²) in [5, 5.41) is 12.2. The lowest BCUT2D eigenvalue weighted by Gasteiger charge is -2.42. The van der Waals surface area contributed by atoms with Crippen LogP contribution in [0.25, 0.3) is 0 Å². The summed E-state index contributed by atoms with van der Waals surface area (Å²) < 4.78 is 0. The first kappa shape index (κ1) is 20.3. The SMILES string of the molecule is OC1(C#Cc2ccccc2)CCCCC1CN1CCN(c2ccccc2Cl)CC1. The number of para-hydroxylation sites is 1. The van der Waals surface area contributed by atoms with Gasteiger partial charge in [-0.2, -0.15) is 0 Å². The number of aliphatic hydroxyl groups is 1. The van der Waals surface area contributed by atoms with E-state index in [0.29, 0.717) is 0 Å². The van der Waals surface area contributed by atoms with E-state index in [1.165, 1.54) is 6.42 Å². The molecule has 29 heavy (non-hydrogen) atoms. The van der Waals surface area contributed by atoms with Crippen LogP contribution in [0.5, 0.6) is 0 Å². The molecule has 0 spiro atoms. The molecule has 2 atom stereocenters. The second-order valence-electron chi connectivity index (χ2n) is 8.22. The van der Waals surface area contributed by atoms with Crippen LogP contribution in [-0.2, 0) is 0 Å². The maximum atomic E-state index is 11.4. The minimum atomic E-state index is -0.881. The van der Waals surface area contributed by atoms with E-state index in [2.05, 4.69) is 27.7 Å². The van der Waals surface area contributed by atoms with Gasteiger partial charge in [-0.1, -0.05) is 60.2 Å². The van der Waals surface area contributed by atoms with Crippen molar-refractivity contribution in [1.29, 1.82) is 0 Å². The Kier molecular flexibility index (Phi) is 6.45. The monoisotopic (exact) mass is 408 g/mol. The minimum absolute atomic E-state index is 0.208. The molecule has 152 valence electrons. The van der Waals surface area contributed by atoms with Gasteiger partial charge in [0.1, 0.15) is 5.60 Å². The number of hydrogen-bond donors (Lipinski definition) is 1. The number of piperazine rings is 1. The van der Waals surface area contributed by atoms with Crippen LogP contribution in [0.15, 0.2) is 54.6 Å². The highest BCUT2D eigenvalue weighted by Crippen LogP contribution is 2.35. The number of halogens is 1. The molecule has 2 aromatic carbocycles. The summed E-state index contributed by atoms with van der Waals surface area (Å²) in [6.07, 6.45) is 4.05. The smallest absolute Gasteiger partial charge is 0.129 e. The standard InChI is InChI=1S/C25H29ClN2O/c26-23-11-4-5-12-24(23)28-18-16-27(17-19-28)20-22-10-6-7-14-25(22,29)15-13-21-8-2-1-3-9-21/h1-5,8-9,11-12,22,29H,6-7,10,14,16-20H2. The number of hydrogen-bond acceptors (Lipinski definition) is 3. The van der Waals surface area contributed by atoms with Crippen LogP contribution in [0.2, 0.25) is 5.02 Å². The first-order valence-corrected chi connectivity index (χ1v) is 11.0. The number of benzene rings is 2. The summed E-state index contributed by atoms with van der Waals surface area (Å²) >= 11 is 6.37. The maximum Gasteiger partial charge on any atom is 0.129 e. The molecular weight excluding hydrogens is 380 g/mol. The van der Waals surface area contributed by atoms with Crippen molar-refractivity contribution >= 4 is 17.3 Å². The third-order valence-corrected chi connectivity index (χ3v) is 6.60. The van der Waals surface area contributed by atoms with Gasteiger partial charge < -0.3 is 10.0 Å². The highest BCUT2D eigenvalue weighted by molar-refractivity contribution is 6.33. The molecule has 4 rings (SSSR count). The van der Waals surface area contributed by atoms with E-state index >= 15 is 0 Å². The van der Waals surface area contributed by atoms with E-state index < -0.39 is 5.60 Å². The molecule has 0 aromatic heterocycles. The van der Waals surface area contributed by atoms with Crippen LogP contribution >= 0.6 is 11.6 Å². The zero-order valence-corrected chi connectivity index (χ0v) is 17.6. The van der Waals surface area contributed by atoms with Gasteiger partial charge in [-0.3, -0.25) is 4.90 Å².